The van der Waals surface area contributed by atoms with Crippen LogP contribution >= 0.6 is 0 Å². The fourth-order valence-electron chi connectivity index (χ4n) is 2.51. The van der Waals surface area contributed by atoms with Crippen LogP contribution in [0.25, 0.3) is 5.69 Å². The largest absolute Gasteiger partial charge is 0.497 e. The second kappa shape index (κ2) is 8.03. The van der Waals surface area contributed by atoms with E-state index in [-0.39, 0.29) is 5.71 Å². The maximum absolute atomic E-state index is 12.5. The molecule has 28 heavy (non-hydrogen) atoms. The molecule has 2 aromatic rings. The van der Waals surface area contributed by atoms with Crippen LogP contribution in [0.1, 0.15) is 33.4 Å². The van der Waals surface area contributed by atoms with E-state index < -0.39 is 17.4 Å². The summed E-state index contributed by atoms with van der Waals surface area (Å²) in [5, 5.41) is 13.4. The molecule has 0 aliphatic heterocycles. The molecular weight excluding hydrogens is 362 g/mol. The molecule has 9 heteroatoms. The number of amides is 1. The molecule has 9 nitrogen and oxygen atoms in total. The zero-order chi connectivity index (χ0) is 21.1. The van der Waals surface area contributed by atoms with E-state index in [1.807, 2.05) is 0 Å². The van der Waals surface area contributed by atoms with Crippen LogP contribution in [0.3, 0.4) is 0 Å². The Bertz CT molecular complexity index is 966. The van der Waals surface area contributed by atoms with Gasteiger partial charge < -0.3 is 25.2 Å². The lowest BCUT2D eigenvalue weighted by Gasteiger charge is -2.20. The van der Waals surface area contributed by atoms with Gasteiger partial charge in [0.25, 0.3) is 0 Å². The molecule has 0 aliphatic carbocycles. The molecule has 0 saturated carbocycles. The number of aromatic nitrogens is 2. The van der Waals surface area contributed by atoms with Crippen molar-refractivity contribution in [1.82, 2.24) is 9.55 Å². The van der Waals surface area contributed by atoms with Crippen molar-refractivity contribution in [2.75, 3.05) is 17.7 Å². The molecule has 1 amide bonds. The zero-order valence-electron chi connectivity index (χ0n) is 16.6. The Morgan fingerprint density at radius 1 is 1.32 bits per heavy atom. The molecule has 1 aromatic heterocycles. The smallest absolute Gasteiger partial charge is 0.412 e. The van der Waals surface area contributed by atoms with Crippen LogP contribution in [0.5, 0.6) is 5.75 Å². The van der Waals surface area contributed by atoms with Crippen molar-refractivity contribution in [3.05, 3.63) is 47.2 Å². The topological polar surface area (TPSA) is 121 Å². The van der Waals surface area contributed by atoms with Crippen molar-refractivity contribution in [2.45, 2.75) is 33.3 Å². The summed E-state index contributed by atoms with van der Waals surface area (Å²) in [7, 11) is 1.48. The highest BCUT2D eigenvalue weighted by molar-refractivity contribution is 5.99. The van der Waals surface area contributed by atoms with Gasteiger partial charge in [-0.05, 0) is 40.0 Å². The SMILES string of the molecule is C=CNc1c(C(C)=N)[nH]c(=O)n1-c1cc(NC(=O)OC(C)(C)C)cc(OC)c1. The van der Waals surface area contributed by atoms with Gasteiger partial charge in [0.05, 0.1) is 18.5 Å². The number of nitrogens with one attached hydrogen (secondary N) is 4. The number of anilines is 2. The Kier molecular flexibility index (Phi) is 5.97. The van der Waals surface area contributed by atoms with Crippen molar-refractivity contribution in [3.63, 3.8) is 0 Å². The van der Waals surface area contributed by atoms with Gasteiger partial charge in [-0.2, -0.15) is 0 Å². The van der Waals surface area contributed by atoms with Crippen molar-refractivity contribution >= 4 is 23.3 Å². The van der Waals surface area contributed by atoms with E-state index in [1.54, 1.807) is 45.9 Å². The average Bonchev–Trinajstić information content (AvgIpc) is 2.89. The van der Waals surface area contributed by atoms with Crippen LogP contribution in [-0.2, 0) is 4.74 Å². The molecule has 4 N–H and O–H groups in total. The Morgan fingerprint density at radius 3 is 2.54 bits per heavy atom. The molecule has 0 radical (unpaired) electrons. The number of H-pyrrole nitrogens is 1. The molecule has 150 valence electrons. The quantitative estimate of drug-likeness (QED) is 0.566. The third kappa shape index (κ3) is 4.81. The number of aromatic amines is 1. The fraction of sp³-hybridized carbons (Fsp3) is 0.316. The maximum Gasteiger partial charge on any atom is 0.412 e. The summed E-state index contributed by atoms with van der Waals surface area (Å²) in [6.07, 6.45) is 0.777. The van der Waals surface area contributed by atoms with E-state index in [2.05, 4.69) is 22.2 Å². The molecular formula is C19H25N5O4. The van der Waals surface area contributed by atoms with E-state index >= 15 is 0 Å². The van der Waals surface area contributed by atoms with Crippen molar-refractivity contribution in [3.8, 4) is 11.4 Å². The number of nitrogens with zero attached hydrogens (tertiary/aromatic N) is 1. The molecule has 0 spiro atoms. The van der Waals surface area contributed by atoms with Crippen LogP contribution in [0.4, 0.5) is 16.3 Å². The monoisotopic (exact) mass is 387 g/mol. The number of carbonyl (C=O) groups excluding carboxylic acids is 1. The first kappa shape index (κ1) is 20.8. The van der Waals surface area contributed by atoms with E-state index in [1.165, 1.54) is 17.9 Å². The lowest BCUT2D eigenvalue weighted by atomic mass is 10.2. The standard InChI is InChI=1S/C19H25N5O4/c1-7-21-16-15(11(2)20)23-17(25)24(16)13-8-12(9-14(10-13)27-6)22-18(26)28-19(3,4)5/h7-10,20-21H,1H2,2-6H3,(H,22,26)(H,23,25). The number of hydrogen-bond acceptors (Lipinski definition) is 6. The van der Waals surface area contributed by atoms with E-state index in [9.17, 15) is 9.59 Å². The van der Waals surface area contributed by atoms with Crippen molar-refractivity contribution in [2.24, 2.45) is 0 Å². The van der Waals surface area contributed by atoms with Crippen LogP contribution < -0.4 is 21.1 Å². The summed E-state index contributed by atoms with van der Waals surface area (Å²) in [6.45, 7) is 10.5. The summed E-state index contributed by atoms with van der Waals surface area (Å²) in [4.78, 5) is 27.3. The van der Waals surface area contributed by atoms with Gasteiger partial charge in [-0.15, -0.1) is 0 Å². The highest BCUT2D eigenvalue weighted by Crippen LogP contribution is 2.26. The Morgan fingerprint density at radius 2 is 2.00 bits per heavy atom. The minimum atomic E-state index is -0.652. The summed E-state index contributed by atoms with van der Waals surface area (Å²) < 4.78 is 11.9. The zero-order valence-corrected chi connectivity index (χ0v) is 16.6. The van der Waals surface area contributed by atoms with Gasteiger partial charge in [-0.3, -0.25) is 5.32 Å². The van der Waals surface area contributed by atoms with Crippen molar-refractivity contribution in [1.29, 1.82) is 5.41 Å². The Balaban J connectivity index is 2.55. The van der Waals surface area contributed by atoms with Crippen LogP contribution in [0.2, 0.25) is 0 Å². The molecule has 0 bridgehead atoms. The first-order valence-corrected chi connectivity index (χ1v) is 8.53. The van der Waals surface area contributed by atoms with Gasteiger partial charge in [-0.1, -0.05) is 6.58 Å². The molecule has 2 rings (SSSR count). The Labute approximate surface area is 162 Å². The lowest BCUT2D eigenvalue weighted by molar-refractivity contribution is 0.0636. The molecule has 0 saturated heterocycles. The normalized spacial score (nSPS) is 10.9. The number of ether oxygens (including phenoxy) is 2. The second-order valence-corrected chi connectivity index (χ2v) is 7.01. The highest BCUT2D eigenvalue weighted by Gasteiger charge is 2.19. The molecule has 1 heterocycles. The molecule has 0 atom stereocenters. The van der Waals surface area contributed by atoms with Gasteiger partial charge in [0.2, 0.25) is 0 Å². The number of benzene rings is 1. The first-order chi connectivity index (χ1) is 13.1. The van der Waals surface area contributed by atoms with Crippen LogP contribution in [0, 0.1) is 5.41 Å². The molecule has 0 fully saturated rings. The van der Waals surface area contributed by atoms with Crippen LogP contribution in [-0.4, -0.2) is 34.1 Å². The fourth-order valence-corrected chi connectivity index (χ4v) is 2.51. The van der Waals surface area contributed by atoms with Gasteiger partial charge >= 0.3 is 11.8 Å². The minimum Gasteiger partial charge on any atom is -0.497 e. The maximum atomic E-state index is 12.5. The van der Waals surface area contributed by atoms with Gasteiger partial charge in [0.1, 0.15) is 22.9 Å². The molecule has 1 aromatic carbocycles. The number of carbonyl (C=O) groups is 1. The van der Waals surface area contributed by atoms with Gasteiger partial charge in [0, 0.05) is 17.8 Å². The third-order valence-corrected chi connectivity index (χ3v) is 3.54. The molecule has 0 unspecified atom stereocenters. The summed E-state index contributed by atoms with van der Waals surface area (Å²) in [5.41, 5.74) is 0.200. The lowest BCUT2D eigenvalue weighted by Crippen LogP contribution is -2.27. The predicted octanol–water partition coefficient (Wildman–Crippen LogP) is 3.46. The highest BCUT2D eigenvalue weighted by atomic mass is 16.6. The summed E-state index contributed by atoms with van der Waals surface area (Å²) in [6, 6.07) is 4.83. The van der Waals surface area contributed by atoms with Crippen molar-refractivity contribution < 1.29 is 14.3 Å². The van der Waals surface area contributed by atoms with Crippen LogP contribution in [0.15, 0.2) is 35.8 Å². The Hall–Kier alpha value is -3.49. The first-order valence-electron chi connectivity index (χ1n) is 8.53. The summed E-state index contributed by atoms with van der Waals surface area (Å²) in [5.74, 6) is 0.776. The number of methoxy groups -OCH3 is 1. The van der Waals surface area contributed by atoms with Gasteiger partial charge in [0.15, 0.2) is 0 Å². The third-order valence-electron chi connectivity index (χ3n) is 3.54. The second-order valence-electron chi connectivity index (χ2n) is 7.01. The van der Waals surface area contributed by atoms with Gasteiger partial charge in [-0.25, -0.2) is 14.2 Å². The number of imidazole rings is 1. The average molecular weight is 387 g/mol. The van der Waals surface area contributed by atoms with E-state index in [0.29, 0.717) is 28.6 Å². The van der Waals surface area contributed by atoms with E-state index in [0.717, 1.165) is 0 Å². The predicted molar refractivity (Wildman–Crippen MR) is 109 cm³/mol. The summed E-state index contributed by atoms with van der Waals surface area (Å²) >= 11 is 0. The van der Waals surface area contributed by atoms with E-state index in [4.69, 9.17) is 14.9 Å². The minimum absolute atomic E-state index is 0.176. The molecule has 0 aliphatic rings. The number of hydrogen-bond donors (Lipinski definition) is 4. The number of rotatable bonds is 6.